The average molecular weight is 239 g/mol. The summed E-state index contributed by atoms with van der Waals surface area (Å²) in [5, 5.41) is 0. The second-order valence-corrected chi connectivity index (χ2v) is 5.07. The zero-order chi connectivity index (χ0) is 11.5. The van der Waals surface area contributed by atoms with Crippen molar-refractivity contribution in [1.29, 1.82) is 0 Å². The van der Waals surface area contributed by atoms with Gasteiger partial charge in [0.25, 0.3) is 0 Å². The van der Waals surface area contributed by atoms with E-state index in [1.165, 1.54) is 12.8 Å². The lowest BCUT2D eigenvalue weighted by Crippen LogP contribution is -2.42. The van der Waals surface area contributed by atoms with E-state index in [2.05, 4.69) is 29.8 Å². The standard InChI is InChI=1S/C13H19ClN2/c1-10-5-6-11(2)16(9-10)13-12(8-14)4-3-7-15-13/h3-4,7,10-11H,5-6,8-9H2,1-2H3. The van der Waals surface area contributed by atoms with Crippen LogP contribution in [-0.2, 0) is 5.88 Å². The average Bonchev–Trinajstić information content (AvgIpc) is 2.32. The first kappa shape index (κ1) is 11.7. The van der Waals surface area contributed by atoms with E-state index in [9.17, 15) is 0 Å². The predicted octanol–water partition coefficient (Wildman–Crippen LogP) is 3.45. The fourth-order valence-electron chi connectivity index (χ4n) is 2.38. The fourth-order valence-corrected chi connectivity index (χ4v) is 2.59. The molecular weight excluding hydrogens is 220 g/mol. The molecule has 0 N–H and O–H groups in total. The van der Waals surface area contributed by atoms with Crippen LogP contribution >= 0.6 is 11.6 Å². The molecule has 2 rings (SSSR count). The maximum absolute atomic E-state index is 5.97. The molecule has 0 amide bonds. The summed E-state index contributed by atoms with van der Waals surface area (Å²) in [6.45, 7) is 5.68. The summed E-state index contributed by atoms with van der Waals surface area (Å²) >= 11 is 5.97. The van der Waals surface area contributed by atoms with Crippen LogP contribution in [0.15, 0.2) is 18.3 Å². The lowest BCUT2D eigenvalue weighted by atomic mass is 9.95. The Morgan fingerprint density at radius 1 is 1.44 bits per heavy atom. The predicted molar refractivity (Wildman–Crippen MR) is 69.0 cm³/mol. The van der Waals surface area contributed by atoms with Crippen molar-refractivity contribution in [3.05, 3.63) is 23.9 Å². The SMILES string of the molecule is CC1CCC(C)N(c2ncccc2CCl)C1. The Morgan fingerprint density at radius 3 is 3.00 bits per heavy atom. The summed E-state index contributed by atoms with van der Waals surface area (Å²) in [6, 6.07) is 4.61. The molecule has 2 unspecified atom stereocenters. The molecular formula is C13H19ClN2. The van der Waals surface area contributed by atoms with Gasteiger partial charge in [-0.3, -0.25) is 0 Å². The van der Waals surface area contributed by atoms with Gasteiger partial charge >= 0.3 is 0 Å². The van der Waals surface area contributed by atoms with Gasteiger partial charge in [-0.25, -0.2) is 4.98 Å². The van der Waals surface area contributed by atoms with Gasteiger partial charge in [-0.15, -0.1) is 11.6 Å². The van der Waals surface area contributed by atoms with Gasteiger partial charge in [0, 0.05) is 24.3 Å². The van der Waals surface area contributed by atoms with E-state index in [-0.39, 0.29) is 0 Å². The lowest BCUT2D eigenvalue weighted by molar-refractivity contribution is 0.387. The van der Waals surface area contributed by atoms with Crippen molar-refractivity contribution in [2.24, 2.45) is 5.92 Å². The number of alkyl halides is 1. The van der Waals surface area contributed by atoms with Gasteiger partial charge in [0.1, 0.15) is 5.82 Å². The maximum Gasteiger partial charge on any atom is 0.133 e. The third-order valence-electron chi connectivity index (χ3n) is 3.40. The zero-order valence-corrected chi connectivity index (χ0v) is 10.7. The Bertz CT molecular complexity index is 354. The van der Waals surface area contributed by atoms with E-state index in [1.807, 2.05) is 12.3 Å². The second kappa shape index (κ2) is 5.05. The van der Waals surface area contributed by atoms with Crippen LogP contribution in [0.25, 0.3) is 0 Å². The van der Waals surface area contributed by atoms with E-state index in [0.29, 0.717) is 11.9 Å². The van der Waals surface area contributed by atoms with Crippen LogP contribution in [0.3, 0.4) is 0 Å². The normalized spacial score (nSPS) is 25.8. The van der Waals surface area contributed by atoms with E-state index < -0.39 is 0 Å². The molecule has 1 aromatic rings. The van der Waals surface area contributed by atoms with Gasteiger partial charge in [-0.05, 0) is 31.7 Å². The van der Waals surface area contributed by atoms with Gasteiger partial charge < -0.3 is 4.90 Å². The maximum atomic E-state index is 5.97. The minimum Gasteiger partial charge on any atom is -0.353 e. The molecule has 88 valence electrons. The molecule has 0 aromatic carbocycles. The first-order valence-electron chi connectivity index (χ1n) is 5.99. The molecule has 16 heavy (non-hydrogen) atoms. The summed E-state index contributed by atoms with van der Waals surface area (Å²) in [4.78, 5) is 6.91. The summed E-state index contributed by atoms with van der Waals surface area (Å²) in [5.74, 6) is 2.37. The van der Waals surface area contributed by atoms with Crippen molar-refractivity contribution in [1.82, 2.24) is 4.98 Å². The van der Waals surface area contributed by atoms with Crippen LogP contribution in [0.5, 0.6) is 0 Å². The molecule has 0 radical (unpaired) electrons. The molecule has 0 spiro atoms. The zero-order valence-electron chi connectivity index (χ0n) is 9.99. The number of halogens is 1. The van der Waals surface area contributed by atoms with Crippen LogP contribution in [-0.4, -0.2) is 17.6 Å². The Kier molecular flexibility index (Phi) is 3.70. The molecule has 1 aliphatic rings. The third kappa shape index (κ3) is 2.32. The number of piperidine rings is 1. The van der Waals surface area contributed by atoms with Crippen molar-refractivity contribution in [3.63, 3.8) is 0 Å². The topological polar surface area (TPSA) is 16.1 Å². The van der Waals surface area contributed by atoms with Crippen molar-refractivity contribution in [2.75, 3.05) is 11.4 Å². The molecule has 1 fully saturated rings. The molecule has 2 nitrogen and oxygen atoms in total. The molecule has 2 atom stereocenters. The highest BCUT2D eigenvalue weighted by molar-refractivity contribution is 6.17. The van der Waals surface area contributed by atoms with Crippen molar-refractivity contribution < 1.29 is 0 Å². The Balaban J connectivity index is 2.27. The van der Waals surface area contributed by atoms with Crippen molar-refractivity contribution in [2.45, 2.75) is 38.6 Å². The van der Waals surface area contributed by atoms with Gasteiger partial charge in [0.2, 0.25) is 0 Å². The van der Waals surface area contributed by atoms with Crippen LogP contribution in [0, 0.1) is 5.92 Å². The van der Waals surface area contributed by atoms with Crippen molar-refractivity contribution in [3.8, 4) is 0 Å². The lowest BCUT2D eigenvalue weighted by Gasteiger charge is -2.38. The molecule has 3 heteroatoms. The van der Waals surface area contributed by atoms with Gasteiger partial charge in [0.15, 0.2) is 0 Å². The minimum atomic E-state index is 0.542. The number of anilines is 1. The Labute approximate surface area is 103 Å². The summed E-state index contributed by atoms with van der Waals surface area (Å²) in [6.07, 6.45) is 4.43. The minimum absolute atomic E-state index is 0.542. The van der Waals surface area contributed by atoms with Crippen LogP contribution < -0.4 is 4.90 Å². The molecule has 1 saturated heterocycles. The van der Waals surface area contributed by atoms with Gasteiger partial charge in [0.05, 0.1) is 5.88 Å². The number of pyridine rings is 1. The third-order valence-corrected chi connectivity index (χ3v) is 3.69. The van der Waals surface area contributed by atoms with E-state index in [0.717, 1.165) is 23.8 Å². The van der Waals surface area contributed by atoms with Crippen LogP contribution in [0.2, 0.25) is 0 Å². The molecule has 1 aliphatic heterocycles. The largest absolute Gasteiger partial charge is 0.353 e. The smallest absolute Gasteiger partial charge is 0.133 e. The van der Waals surface area contributed by atoms with Crippen LogP contribution in [0.4, 0.5) is 5.82 Å². The van der Waals surface area contributed by atoms with Crippen LogP contribution in [0.1, 0.15) is 32.3 Å². The monoisotopic (exact) mass is 238 g/mol. The molecule has 1 aromatic heterocycles. The first-order valence-corrected chi connectivity index (χ1v) is 6.52. The second-order valence-electron chi connectivity index (χ2n) is 4.80. The summed E-state index contributed by atoms with van der Waals surface area (Å²) < 4.78 is 0. The number of hydrogen-bond acceptors (Lipinski definition) is 2. The number of aromatic nitrogens is 1. The number of hydrogen-bond donors (Lipinski definition) is 0. The Hall–Kier alpha value is -0.760. The highest BCUT2D eigenvalue weighted by atomic mass is 35.5. The van der Waals surface area contributed by atoms with E-state index in [4.69, 9.17) is 11.6 Å². The number of nitrogens with zero attached hydrogens (tertiary/aromatic N) is 2. The molecule has 2 heterocycles. The highest BCUT2D eigenvalue weighted by Gasteiger charge is 2.25. The molecule has 0 aliphatic carbocycles. The first-order chi connectivity index (χ1) is 7.72. The Morgan fingerprint density at radius 2 is 2.25 bits per heavy atom. The summed E-state index contributed by atoms with van der Waals surface area (Å²) in [5.41, 5.74) is 1.14. The fraction of sp³-hybridized carbons (Fsp3) is 0.615. The number of rotatable bonds is 2. The van der Waals surface area contributed by atoms with E-state index >= 15 is 0 Å². The van der Waals surface area contributed by atoms with E-state index in [1.54, 1.807) is 0 Å². The quantitative estimate of drug-likeness (QED) is 0.734. The highest BCUT2D eigenvalue weighted by Crippen LogP contribution is 2.28. The summed E-state index contributed by atoms with van der Waals surface area (Å²) in [7, 11) is 0. The molecule has 0 saturated carbocycles. The van der Waals surface area contributed by atoms with Gasteiger partial charge in [-0.2, -0.15) is 0 Å². The molecule has 0 bridgehead atoms. The van der Waals surface area contributed by atoms with Crippen molar-refractivity contribution >= 4 is 17.4 Å². The van der Waals surface area contributed by atoms with Gasteiger partial charge in [-0.1, -0.05) is 13.0 Å².